The molecule has 0 aliphatic rings. The number of aliphatic hydroxyl groups is 1. The fourth-order valence-corrected chi connectivity index (χ4v) is 1.76. The highest BCUT2D eigenvalue weighted by atomic mass is 16.3. The van der Waals surface area contributed by atoms with Gasteiger partial charge in [-0.25, -0.2) is 0 Å². The predicted molar refractivity (Wildman–Crippen MR) is 78.1 cm³/mol. The molecule has 0 aliphatic heterocycles. The van der Waals surface area contributed by atoms with E-state index in [1.54, 1.807) is 0 Å². The number of aryl methyl sites for hydroxylation is 1. The van der Waals surface area contributed by atoms with Crippen LogP contribution in [0.5, 0.6) is 0 Å². The minimum Gasteiger partial charge on any atom is -0.395 e. The van der Waals surface area contributed by atoms with Crippen LogP contribution in [0.1, 0.15) is 31.9 Å². The van der Waals surface area contributed by atoms with Crippen molar-refractivity contribution in [2.45, 2.75) is 39.8 Å². The average Bonchev–Trinajstić information content (AvgIpc) is 2.26. The van der Waals surface area contributed by atoms with Crippen molar-refractivity contribution in [1.82, 2.24) is 5.32 Å². The Kier molecular flexibility index (Phi) is 5.17. The molecule has 0 aliphatic carbocycles. The van der Waals surface area contributed by atoms with Crippen LogP contribution in [0, 0.1) is 6.92 Å². The number of anilines is 1. The highest BCUT2D eigenvalue weighted by molar-refractivity contribution is 5.50. The SMILES string of the molecule is Cc1cc(N(C)CCO)ccc1CNC(C)(C)C. The van der Waals surface area contributed by atoms with Crippen LogP contribution in [0.2, 0.25) is 0 Å². The summed E-state index contributed by atoms with van der Waals surface area (Å²) in [6, 6.07) is 6.45. The fourth-order valence-electron chi connectivity index (χ4n) is 1.76. The second-order valence-corrected chi connectivity index (χ2v) is 5.86. The summed E-state index contributed by atoms with van der Waals surface area (Å²) in [6.45, 7) is 10.4. The van der Waals surface area contributed by atoms with Gasteiger partial charge in [0, 0.05) is 31.4 Å². The van der Waals surface area contributed by atoms with E-state index in [-0.39, 0.29) is 12.1 Å². The van der Waals surface area contributed by atoms with Crippen LogP contribution in [0.4, 0.5) is 5.69 Å². The zero-order valence-corrected chi connectivity index (χ0v) is 12.2. The number of aliphatic hydroxyl groups excluding tert-OH is 1. The minimum atomic E-state index is 0.138. The molecule has 3 nitrogen and oxygen atoms in total. The van der Waals surface area contributed by atoms with E-state index in [2.05, 4.69) is 56.1 Å². The third kappa shape index (κ3) is 4.67. The molecule has 0 fully saturated rings. The summed E-state index contributed by atoms with van der Waals surface area (Å²) >= 11 is 0. The van der Waals surface area contributed by atoms with Crippen LogP contribution in [0.25, 0.3) is 0 Å². The number of hydrogen-bond acceptors (Lipinski definition) is 3. The molecule has 0 bridgehead atoms. The monoisotopic (exact) mass is 250 g/mol. The topological polar surface area (TPSA) is 35.5 Å². The van der Waals surface area contributed by atoms with Crippen molar-refractivity contribution in [3.05, 3.63) is 29.3 Å². The maximum absolute atomic E-state index is 8.94. The quantitative estimate of drug-likeness (QED) is 0.842. The number of likely N-dealkylation sites (N-methyl/N-ethyl adjacent to an activating group) is 1. The van der Waals surface area contributed by atoms with Crippen LogP contribution in [0.3, 0.4) is 0 Å². The normalized spacial score (nSPS) is 11.7. The predicted octanol–water partition coefficient (Wildman–Crippen LogP) is 2.31. The van der Waals surface area contributed by atoms with Crippen LogP contribution in [-0.2, 0) is 6.54 Å². The van der Waals surface area contributed by atoms with Gasteiger partial charge in [0.05, 0.1) is 6.61 Å². The molecule has 0 atom stereocenters. The molecule has 102 valence electrons. The maximum Gasteiger partial charge on any atom is 0.0606 e. The van der Waals surface area contributed by atoms with Crippen molar-refractivity contribution in [3.8, 4) is 0 Å². The Balaban J connectivity index is 2.73. The molecule has 0 radical (unpaired) electrons. The third-order valence-electron chi connectivity index (χ3n) is 3.01. The van der Waals surface area contributed by atoms with Gasteiger partial charge in [0.2, 0.25) is 0 Å². The van der Waals surface area contributed by atoms with E-state index in [4.69, 9.17) is 5.11 Å². The van der Waals surface area contributed by atoms with Crippen molar-refractivity contribution in [2.24, 2.45) is 0 Å². The lowest BCUT2D eigenvalue weighted by Gasteiger charge is -2.23. The standard InChI is InChI=1S/C15H26N2O/c1-12-10-14(17(5)8-9-18)7-6-13(12)11-16-15(2,3)4/h6-7,10,16,18H,8-9,11H2,1-5H3. The molecule has 1 aromatic carbocycles. The van der Waals surface area contributed by atoms with Gasteiger partial charge in [0.15, 0.2) is 0 Å². The van der Waals surface area contributed by atoms with Crippen molar-refractivity contribution in [1.29, 1.82) is 0 Å². The van der Waals surface area contributed by atoms with E-state index >= 15 is 0 Å². The summed E-state index contributed by atoms with van der Waals surface area (Å²) in [7, 11) is 2.00. The summed E-state index contributed by atoms with van der Waals surface area (Å²) in [6.07, 6.45) is 0. The van der Waals surface area contributed by atoms with E-state index in [9.17, 15) is 0 Å². The molecule has 0 unspecified atom stereocenters. The summed E-state index contributed by atoms with van der Waals surface area (Å²) in [4.78, 5) is 2.06. The van der Waals surface area contributed by atoms with Gasteiger partial charge in [0.1, 0.15) is 0 Å². The lowest BCUT2D eigenvalue weighted by Crippen LogP contribution is -2.35. The van der Waals surface area contributed by atoms with E-state index in [1.807, 2.05) is 7.05 Å². The Bertz CT molecular complexity index is 383. The van der Waals surface area contributed by atoms with Gasteiger partial charge in [0.25, 0.3) is 0 Å². The maximum atomic E-state index is 8.94. The van der Waals surface area contributed by atoms with Crippen LogP contribution < -0.4 is 10.2 Å². The Morgan fingerprint density at radius 3 is 2.44 bits per heavy atom. The Hall–Kier alpha value is -1.06. The van der Waals surface area contributed by atoms with E-state index in [1.165, 1.54) is 11.1 Å². The number of benzene rings is 1. The van der Waals surface area contributed by atoms with Gasteiger partial charge in [-0.05, 0) is 51.0 Å². The lowest BCUT2D eigenvalue weighted by atomic mass is 10.0. The van der Waals surface area contributed by atoms with Crippen molar-refractivity contribution < 1.29 is 5.11 Å². The molecule has 0 aromatic heterocycles. The first kappa shape index (κ1) is 15.0. The zero-order chi connectivity index (χ0) is 13.8. The molecule has 2 N–H and O–H groups in total. The van der Waals surface area contributed by atoms with Crippen LogP contribution >= 0.6 is 0 Å². The Morgan fingerprint density at radius 2 is 1.94 bits per heavy atom. The summed E-state index contributed by atoms with van der Waals surface area (Å²) in [5.41, 5.74) is 3.90. The van der Waals surface area contributed by atoms with Crippen LogP contribution in [-0.4, -0.2) is 30.8 Å². The first-order chi connectivity index (χ1) is 8.33. The Morgan fingerprint density at radius 1 is 1.28 bits per heavy atom. The second kappa shape index (κ2) is 6.21. The van der Waals surface area contributed by atoms with Crippen LogP contribution in [0.15, 0.2) is 18.2 Å². The average molecular weight is 250 g/mol. The van der Waals surface area contributed by atoms with Gasteiger partial charge in [-0.2, -0.15) is 0 Å². The second-order valence-electron chi connectivity index (χ2n) is 5.86. The molecular formula is C15H26N2O. The van der Waals surface area contributed by atoms with Gasteiger partial charge in [-0.15, -0.1) is 0 Å². The third-order valence-corrected chi connectivity index (χ3v) is 3.01. The molecule has 0 amide bonds. The fraction of sp³-hybridized carbons (Fsp3) is 0.600. The van der Waals surface area contributed by atoms with Crippen molar-refractivity contribution in [2.75, 3.05) is 25.1 Å². The van der Waals surface area contributed by atoms with Gasteiger partial charge >= 0.3 is 0 Å². The number of nitrogens with one attached hydrogen (secondary N) is 1. The number of nitrogens with zero attached hydrogens (tertiary/aromatic N) is 1. The summed E-state index contributed by atoms with van der Waals surface area (Å²) in [5.74, 6) is 0. The Labute approximate surface area is 111 Å². The summed E-state index contributed by atoms with van der Waals surface area (Å²) < 4.78 is 0. The van der Waals surface area contributed by atoms with Gasteiger partial charge in [-0.3, -0.25) is 0 Å². The van der Waals surface area contributed by atoms with E-state index in [0.29, 0.717) is 6.54 Å². The van der Waals surface area contributed by atoms with E-state index < -0.39 is 0 Å². The molecule has 18 heavy (non-hydrogen) atoms. The molecule has 1 aromatic rings. The number of rotatable bonds is 5. The molecule has 3 heteroatoms. The van der Waals surface area contributed by atoms with Crippen molar-refractivity contribution >= 4 is 5.69 Å². The molecule has 0 saturated carbocycles. The highest BCUT2D eigenvalue weighted by Gasteiger charge is 2.10. The molecular weight excluding hydrogens is 224 g/mol. The smallest absolute Gasteiger partial charge is 0.0606 e. The van der Waals surface area contributed by atoms with Gasteiger partial charge < -0.3 is 15.3 Å². The largest absolute Gasteiger partial charge is 0.395 e. The highest BCUT2D eigenvalue weighted by Crippen LogP contribution is 2.18. The van der Waals surface area contributed by atoms with Gasteiger partial charge in [-0.1, -0.05) is 6.07 Å². The molecule has 0 saturated heterocycles. The van der Waals surface area contributed by atoms with Crippen molar-refractivity contribution in [3.63, 3.8) is 0 Å². The minimum absolute atomic E-state index is 0.138. The van der Waals surface area contributed by atoms with E-state index in [0.717, 1.165) is 12.2 Å². The molecule has 0 spiro atoms. The first-order valence-electron chi connectivity index (χ1n) is 6.50. The molecule has 1 rings (SSSR count). The first-order valence-corrected chi connectivity index (χ1v) is 6.50. The zero-order valence-electron chi connectivity index (χ0n) is 12.2. The lowest BCUT2D eigenvalue weighted by molar-refractivity contribution is 0.304. The molecule has 0 heterocycles. The summed E-state index contributed by atoms with van der Waals surface area (Å²) in [5, 5.41) is 12.4. The number of hydrogen-bond donors (Lipinski definition) is 2.